The van der Waals surface area contributed by atoms with Crippen LogP contribution < -0.4 is 0 Å². The maximum Gasteiger partial charge on any atom is 0.369 e. The summed E-state index contributed by atoms with van der Waals surface area (Å²) in [6.07, 6.45) is 5.15. The fourth-order valence-electron chi connectivity index (χ4n) is 2.33. The molecule has 0 saturated carbocycles. The average molecular weight is 260 g/mol. The minimum atomic E-state index is -0.223. The standard InChI is InChI=1S/C14H20N4O/c1-5-7-12-11(4)13(10(2)3)18(16-12)14(19)17-9-6-8-15-17/h6,8-10H,5,7H2,1-4H3. The Labute approximate surface area is 113 Å². The highest BCUT2D eigenvalue weighted by Gasteiger charge is 2.21. The van der Waals surface area contributed by atoms with E-state index >= 15 is 0 Å². The Morgan fingerprint density at radius 3 is 2.68 bits per heavy atom. The first-order chi connectivity index (χ1) is 9.06. The third kappa shape index (κ3) is 2.45. The molecule has 19 heavy (non-hydrogen) atoms. The molecule has 0 aliphatic heterocycles. The van der Waals surface area contributed by atoms with Crippen molar-refractivity contribution in [1.82, 2.24) is 19.6 Å². The van der Waals surface area contributed by atoms with Crippen LogP contribution >= 0.6 is 0 Å². The molecule has 0 atom stereocenters. The molecule has 0 amide bonds. The van der Waals surface area contributed by atoms with E-state index in [1.807, 2.05) is 6.92 Å². The molecule has 2 heterocycles. The third-order valence-electron chi connectivity index (χ3n) is 3.18. The Balaban J connectivity index is 2.50. The lowest BCUT2D eigenvalue weighted by atomic mass is 10.0. The molecular weight excluding hydrogens is 240 g/mol. The summed E-state index contributed by atoms with van der Waals surface area (Å²) in [5.41, 5.74) is 3.10. The number of aryl methyl sites for hydroxylation is 1. The molecule has 0 spiro atoms. The van der Waals surface area contributed by atoms with Crippen LogP contribution in [0.5, 0.6) is 0 Å². The Kier molecular flexibility index (Phi) is 3.83. The number of aromatic nitrogens is 4. The van der Waals surface area contributed by atoms with Crippen LogP contribution in [0.15, 0.2) is 18.5 Å². The topological polar surface area (TPSA) is 52.7 Å². The van der Waals surface area contributed by atoms with Crippen LogP contribution in [0.3, 0.4) is 0 Å². The smallest absolute Gasteiger partial charge is 0.244 e. The van der Waals surface area contributed by atoms with Gasteiger partial charge in [0.15, 0.2) is 0 Å². The van der Waals surface area contributed by atoms with Gasteiger partial charge in [-0.25, -0.2) is 4.79 Å². The maximum absolute atomic E-state index is 12.4. The lowest BCUT2D eigenvalue weighted by molar-refractivity contribution is 0.237. The molecule has 0 bridgehead atoms. The van der Waals surface area contributed by atoms with E-state index < -0.39 is 0 Å². The molecule has 0 radical (unpaired) electrons. The second kappa shape index (κ2) is 5.38. The van der Waals surface area contributed by atoms with E-state index in [4.69, 9.17) is 0 Å². The van der Waals surface area contributed by atoms with Gasteiger partial charge in [-0.1, -0.05) is 27.2 Å². The van der Waals surface area contributed by atoms with Crippen LogP contribution in [0.1, 0.15) is 50.1 Å². The Hall–Kier alpha value is -1.91. The second-order valence-corrected chi connectivity index (χ2v) is 5.01. The van der Waals surface area contributed by atoms with Crippen molar-refractivity contribution in [3.63, 3.8) is 0 Å². The average Bonchev–Trinajstić information content (AvgIpc) is 2.98. The maximum atomic E-state index is 12.4. The first kappa shape index (κ1) is 13.5. The van der Waals surface area contributed by atoms with E-state index in [-0.39, 0.29) is 11.9 Å². The zero-order valence-corrected chi connectivity index (χ0v) is 11.9. The molecule has 0 unspecified atom stereocenters. The SMILES string of the molecule is CCCc1nn(C(=O)n2cccn2)c(C(C)C)c1C. The predicted octanol–water partition coefficient (Wildman–Crippen LogP) is 2.98. The summed E-state index contributed by atoms with van der Waals surface area (Å²) < 4.78 is 2.81. The van der Waals surface area contributed by atoms with Crippen LogP contribution in [0.25, 0.3) is 0 Å². The van der Waals surface area contributed by atoms with Gasteiger partial charge in [-0.2, -0.15) is 19.6 Å². The van der Waals surface area contributed by atoms with Crippen molar-refractivity contribution in [2.75, 3.05) is 0 Å². The van der Waals surface area contributed by atoms with Gasteiger partial charge >= 0.3 is 6.03 Å². The van der Waals surface area contributed by atoms with Crippen LogP contribution in [0, 0.1) is 6.92 Å². The van der Waals surface area contributed by atoms with Crippen molar-refractivity contribution in [1.29, 1.82) is 0 Å². The molecular formula is C14H20N4O. The summed E-state index contributed by atoms with van der Waals surface area (Å²) in [7, 11) is 0. The van der Waals surface area contributed by atoms with Gasteiger partial charge in [-0.15, -0.1) is 0 Å². The van der Waals surface area contributed by atoms with Crippen molar-refractivity contribution < 1.29 is 4.79 Å². The summed E-state index contributed by atoms with van der Waals surface area (Å²) in [6.45, 7) is 8.31. The van der Waals surface area contributed by atoms with E-state index in [1.54, 1.807) is 18.5 Å². The lowest BCUT2D eigenvalue weighted by Crippen LogP contribution is -2.23. The first-order valence-corrected chi connectivity index (χ1v) is 6.69. The fraction of sp³-hybridized carbons (Fsp3) is 0.500. The Morgan fingerprint density at radius 2 is 2.16 bits per heavy atom. The van der Waals surface area contributed by atoms with Gasteiger partial charge in [-0.3, -0.25) is 0 Å². The van der Waals surface area contributed by atoms with E-state index in [1.165, 1.54) is 9.36 Å². The Bertz CT molecular complexity index is 567. The van der Waals surface area contributed by atoms with Gasteiger partial charge < -0.3 is 0 Å². The minimum Gasteiger partial charge on any atom is -0.244 e. The van der Waals surface area contributed by atoms with E-state index in [9.17, 15) is 4.79 Å². The number of hydrogen-bond donors (Lipinski definition) is 0. The molecule has 2 rings (SSSR count). The molecule has 0 fully saturated rings. The number of hydrogen-bond acceptors (Lipinski definition) is 3. The van der Waals surface area contributed by atoms with Crippen LogP contribution in [-0.4, -0.2) is 25.6 Å². The zero-order valence-electron chi connectivity index (χ0n) is 11.9. The molecule has 0 aromatic carbocycles. The molecule has 5 heteroatoms. The van der Waals surface area contributed by atoms with Gasteiger partial charge in [0.05, 0.1) is 11.4 Å². The normalized spacial score (nSPS) is 11.2. The number of carbonyl (C=O) groups is 1. The molecule has 0 saturated heterocycles. The molecule has 5 nitrogen and oxygen atoms in total. The largest absolute Gasteiger partial charge is 0.369 e. The van der Waals surface area contributed by atoms with Crippen molar-refractivity contribution in [2.45, 2.75) is 46.5 Å². The summed E-state index contributed by atoms with van der Waals surface area (Å²) in [5.74, 6) is 0.248. The number of rotatable bonds is 3. The molecule has 2 aromatic heterocycles. The summed E-state index contributed by atoms with van der Waals surface area (Å²) in [4.78, 5) is 12.4. The lowest BCUT2D eigenvalue weighted by Gasteiger charge is -2.09. The molecule has 102 valence electrons. The molecule has 0 aliphatic carbocycles. The fourth-order valence-corrected chi connectivity index (χ4v) is 2.33. The highest BCUT2D eigenvalue weighted by molar-refractivity contribution is 5.78. The first-order valence-electron chi connectivity index (χ1n) is 6.69. The molecule has 0 aliphatic rings. The van der Waals surface area contributed by atoms with Crippen LogP contribution in [-0.2, 0) is 6.42 Å². The highest BCUT2D eigenvalue weighted by Crippen LogP contribution is 2.23. The van der Waals surface area contributed by atoms with E-state index in [0.717, 1.165) is 29.8 Å². The second-order valence-electron chi connectivity index (χ2n) is 5.01. The molecule has 0 N–H and O–H groups in total. The van der Waals surface area contributed by atoms with Crippen molar-refractivity contribution in [3.05, 3.63) is 35.4 Å². The summed E-state index contributed by atoms with van der Waals surface area (Å²) in [6, 6.07) is 1.51. The van der Waals surface area contributed by atoms with Crippen LogP contribution in [0.2, 0.25) is 0 Å². The van der Waals surface area contributed by atoms with Gasteiger partial charge in [0.1, 0.15) is 0 Å². The number of carbonyl (C=O) groups excluding carboxylic acids is 1. The van der Waals surface area contributed by atoms with Crippen molar-refractivity contribution in [2.24, 2.45) is 0 Å². The summed E-state index contributed by atoms with van der Waals surface area (Å²) >= 11 is 0. The van der Waals surface area contributed by atoms with Gasteiger partial charge in [0, 0.05) is 12.4 Å². The van der Waals surface area contributed by atoms with Crippen molar-refractivity contribution >= 4 is 6.03 Å². The summed E-state index contributed by atoms with van der Waals surface area (Å²) in [5, 5.41) is 8.47. The van der Waals surface area contributed by atoms with E-state index in [2.05, 4.69) is 31.0 Å². The Morgan fingerprint density at radius 1 is 1.42 bits per heavy atom. The van der Waals surface area contributed by atoms with Gasteiger partial charge in [0.2, 0.25) is 0 Å². The predicted molar refractivity (Wildman–Crippen MR) is 73.5 cm³/mol. The zero-order chi connectivity index (χ0) is 14.0. The quantitative estimate of drug-likeness (QED) is 0.852. The highest BCUT2D eigenvalue weighted by atomic mass is 16.2. The monoisotopic (exact) mass is 260 g/mol. The van der Waals surface area contributed by atoms with Gasteiger partial charge in [-0.05, 0) is 30.9 Å². The van der Waals surface area contributed by atoms with Crippen LogP contribution in [0.4, 0.5) is 4.79 Å². The third-order valence-corrected chi connectivity index (χ3v) is 3.18. The van der Waals surface area contributed by atoms with Gasteiger partial charge in [0.25, 0.3) is 0 Å². The van der Waals surface area contributed by atoms with E-state index in [0.29, 0.717) is 0 Å². The van der Waals surface area contributed by atoms with Crippen molar-refractivity contribution in [3.8, 4) is 0 Å². The molecule has 2 aromatic rings. The number of nitrogens with zero attached hydrogens (tertiary/aromatic N) is 4. The minimum absolute atomic E-state index is 0.223.